The molecule has 0 bridgehead atoms. The Morgan fingerprint density at radius 3 is 2.77 bits per heavy atom. The van der Waals surface area contributed by atoms with Crippen LogP contribution in [0, 0.1) is 5.41 Å². The Bertz CT molecular complexity index is 778. The molecule has 3 atom stereocenters. The van der Waals surface area contributed by atoms with Gasteiger partial charge in [-0.05, 0) is 24.6 Å². The minimum absolute atomic E-state index is 0.00662. The summed E-state index contributed by atoms with van der Waals surface area (Å²) in [4.78, 5) is 12.5. The first kappa shape index (κ1) is 17.9. The SMILES string of the molecule is CC(NC(=O)C1CC(Oc2cccc(C(=N)N)c2)CN1)c1ccccc1. The maximum atomic E-state index is 12.5. The number of carbonyl (C=O) groups is 1. The van der Waals surface area contributed by atoms with E-state index in [2.05, 4.69) is 10.6 Å². The Hall–Kier alpha value is -2.86. The topological polar surface area (TPSA) is 100 Å². The number of nitrogens with one attached hydrogen (secondary N) is 3. The summed E-state index contributed by atoms with van der Waals surface area (Å²) in [6, 6.07) is 16.7. The molecule has 1 aliphatic heterocycles. The van der Waals surface area contributed by atoms with E-state index in [0.717, 1.165) is 5.56 Å². The largest absolute Gasteiger partial charge is 0.489 e. The third-order valence-electron chi connectivity index (χ3n) is 4.51. The first-order valence-electron chi connectivity index (χ1n) is 8.73. The predicted molar refractivity (Wildman–Crippen MR) is 101 cm³/mol. The van der Waals surface area contributed by atoms with Gasteiger partial charge in [-0.2, -0.15) is 0 Å². The van der Waals surface area contributed by atoms with Gasteiger partial charge in [-0.15, -0.1) is 0 Å². The molecule has 1 amide bonds. The summed E-state index contributed by atoms with van der Waals surface area (Å²) in [6.45, 7) is 2.57. The third kappa shape index (κ3) is 4.40. The molecule has 6 heteroatoms. The fourth-order valence-corrected chi connectivity index (χ4v) is 3.06. The first-order valence-corrected chi connectivity index (χ1v) is 8.73. The zero-order chi connectivity index (χ0) is 18.5. The number of carbonyl (C=O) groups excluding carboxylic acids is 1. The number of nitrogens with two attached hydrogens (primary N) is 1. The second-order valence-corrected chi connectivity index (χ2v) is 6.52. The third-order valence-corrected chi connectivity index (χ3v) is 4.51. The molecule has 0 aromatic heterocycles. The lowest BCUT2D eigenvalue weighted by Gasteiger charge is -2.18. The molecule has 1 aliphatic rings. The van der Waals surface area contributed by atoms with Gasteiger partial charge in [0.2, 0.25) is 5.91 Å². The molecule has 3 unspecified atom stereocenters. The maximum Gasteiger partial charge on any atom is 0.237 e. The molecule has 1 fully saturated rings. The number of benzene rings is 2. The molecule has 1 saturated heterocycles. The van der Waals surface area contributed by atoms with Crippen LogP contribution in [0.15, 0.2) is 54.6 Å². The van der Waals surface area contributed by atoms with Gasteiger partial charge >= 0.3 is 0 Å². The van der Waals surface area contributed by atoms with Gasteiger partial charge in [0.1, 0.15) is 17.7 Å². The summed E-state index contributed by atoms with van der Waals surface area (Å²) in [5.74, 6) is 0.639. The van der Waals surface area contributed by atoms with Gasteiger partial charge < -0.3 is 21.1 Å². The Morgan fingerprint density at radius 1 is 1.27 bits per heavy atom. The highest BCUT2D eigenvalue weighted by atomic mass is 16.5. The Labute approximate surface area is 153 Å². The summed E-state index contributed by atoms with van der Waals surface area (Å²) < 4.78 is 5.94. The van der Waals surface area contributed by atoms with Crippen LogP contribution in [0.5, 0.6) is 5.75 Å². The predicted octanol–water partition coefficient (Wildman–Crippen LogP) is 1.96. The van der Waals surface area contributed by atoms with Crippen LogP contribution in [-0.2, 0) is 4.79 Å². The molecule has 6 nitrogen and oxygen atoms in total. The molecule has 2 aromatic rings. The van der Waals surface area contributed by atoms with Crippen LogP contribution >= 0.6 is 0 Å². The van der Waals surface area contributed by atoms with E-state index in [4.69, 9.17) is 15.9 Å². The van der Waals surface area contributed by atoms with Crippen molar-refractivity contribution in [3.63, 3.8) is 0 Å². The Balaban J connectivity index is 1.54. The molecule has 136 valence electrons. The highest BCUT2D eigenvalue weighted by Gasteiger charge is 2.31. The van der Waals surface area contributed by atoms with E-state index in [-0.39, 0.29) is 29.9 Å². The van der Waals surface area contributed by atoms with Crippen LogP contribution in [0.25, 0.3) is 0 Å². The minimum Gasteiger partial charge on any atom is -0.489 e. The number of nitrogen functional groups attached to an aromatic ring is 1. The summed E-state index contributed by atoms with van der Waals surface area (Å²) >= 11 is 0. The Morgan fingerprint density at radius 2 is 2.04 bits per heavy atom. The van der Waals surface area contributed by atoms with Crippen LogP contribution < -0.4 is 21.1 Å². The van der Waals surface area contributed by atoms with Gasteiger partial charge in [0.15, 0.2) is 0 Å². The lowest BCUT2D eigenvalue weighted by atomic mass is 10.1. The van der Waals surface area contributed by atoms with Crippen molar-refractivity contribution < 1.29 is 9.53 Å². The fraction of sp³-hybridized carbons (Fsp3) is 0.300. The molecule has 0 aliphatic carbocycles. The van der Waals surface area contributed by atoms with Crippen molar-refractivity contribution in [1.29, 1.82) is 5.41 Å². The van der Waals surface area contributed by atoms with Gasteiger partial charge in [-0.3, -0.25) is 10.2 Å². The van der Waals surface area contributed by atoms with Gasteiger partial charge in [-0.25, -0.2) is 0 Å². The van der Waals surface area contributed by atoms with Crippen LogP contribution in [-0.4, -0.2) is 30.4 Å². The summed E-state index contributed by atoms with van der Waals surface area (Å²) in [5, 5.41) is 13.8. The van der Waals surface area contributed by atoms with Crippen molar-refractivity contribution in [2.24, 2.45) is 5.73 Å². The summed E-state index contributed by atoms with van der Waals surface area (Å²) in [6.07, 6.45) is 0.498. The second-order valence-electron chi connectivity index (χ2n) is 6.52. The highest BCUT2D eigenvalue weighted by Crippen LogP contribution is 2.19. The van der Waals surface area contributed by atoms with E-state index in [9.17, 15) is 4.79 Å². The number of rotatable bonds is 6. The number of amides is 1. The standard InChI is InChI=1S/C20H24N4O2/c1-13(14-6-3-2-4-7-14)24-20(25)18-11-17(12-23-18)26-16-9-5-8-15(10-16)19(21)22/h2-10,13,17-18,23H,11-12H2,1H3,(H3,21,22)(H,24,25). The number of ether oxygens (including phenoxy) is 1. The number of hydrogen-bond donors (Lipinski definition) is 4. The van der Waals surface area contributed by atoms with Crippen molar-refractivity contribution in [3.05, 3.63) is 65.7 Å². The lowest BCUT2D eigenvalue weighted by Crippen LogP contribution is -2.41. The molecule has 0 radical (unpaired) electrons. The molecule has 0 saturated carbocycles. The average molecular weight is 352 g/mol. The highest BCUT2D eigenvalue weighted by molar-refractivity contribution is 5.95. The fourth-order valence-electron chi connectivity index (χ4n) is 3.06. The molecular formula is C20H24N4O2. The van der Waals surface area contributed by atoms with Gasteiger partial charge in [0.05, 0.1) is 12.1 Å². The summed E-state index contributed by atoms with van der Waals surface area (Å²) in [7, 11) is 0. The maximum absolute atomic E-state index is 12.5. The van der Waals surface area contributed by atoms with E-state index < -0.39 is 0 Å². The molecule has 5 N–H and O–H groups in total. The quantitative estimate of drug-likeness (QED) is 0.472. The van der Waals surface area contributed by atoms with E-state index >= 15 is 0 Å². The average Bonchev–Trinajstić information content (AvgIpc) is 3.11. The van der Waals surface area contributed by atoms with Crippen LogP contribution in [0.2, 0.25) is 0 Å². The van der Waals surface area contributed by atoms with Crippen molar-refractivity contribution in [2.45, 2.75) is 31.5 Å². The monoisotopic (exact) mass is 352 g/mol. The zero-order valence-electron chi connectivity index (χ0n) is 14.7. The second kappa shape index (κ2) is 8.01. The van der Waals surface area contributed by atoms with Crippen molar-refractivity contribution in [2.75, 3.05) is 6.54 Å². The molecular weight excluding hydrogens is 328 g/mol. The van der Waals surface area contributed by atoms with Gasteiger partial charge in [-0.1, -0.05) is 42.5 Å². The summed E-state index contributed by atoms with van der Waals surface area (Å²) in [5.41, 5.74) is 7.21. The van der Waals surface area contributed by atoms with Crippen LogP contribution in [0.4, 0.5) is 0 Å². The van der Waals surface area contributed by atoms with E-state index in [1.165, 1.54) is 0 Å². The molecule has 26 heavy (non-hydrogen) atoms. The van der Waals surface area contributed by atoms with E-state index in [1.807, 2.05) is 43.3 Å². The zero-order valence-corrected chi connectivity index (χ0v) is 14.7. The van der Waals surface area contributed by atoms with Gasteiger partial charge in [0, 0.05) is 18.5 Å². The van der Waals surface area contributed by atoms with E-state index in [0.29, 0.717) is 24.3 Å². The van der Waals surface area contributed by atoms with Crippen molar-refractivity contribution >= 4 is 11.7 Å². The minimum atomic E-state index is -0.276. The van der Waals surface area contributed by atoms with E-state index in [1.54, 1.807) is 18.2 Å². The van der Waals surface area contributed by atoms with Gasteiger partial charge in [0.25, 0.3) is 0 Å². The molecule has 3 rings (SSSR count). The van der Waals surface area contributed by atoms with Crippen molar-refractivity contribution in [3.8, 4) is 5.75 Å². The first-order chi connectivity index (χ1) is 12.5. The molecule has 1 heterocycles. The smallest absolute Gasteiger partial charge is 0.237 e. The lowest BCUT2D eigenvalue weighted by molar-refractivity contribution is -0.123. The van der Waals surface area contributed by atoms with Crippen LogP contribution in [0.1, 0.15) is 30.5 Å². The van der Waals surface area contributed by atoms with Crippen molar-refractivity contribution in [1.82, 2.24) is 10.6 Å². The normalized spacial score (nSPS) is 20.3. The number of amidine groups is 1. The Kier molecular flexibility index (Phi) is 5.53. The van der Waals surface area contributed by atoms with Crippen LogP contribution in [0.3, 0.4) is 0 Å². The number of hydrogen-bond acceptors (Lipinski definition) is 4. The molecule has 0 spiro atoms. The molecule has 2 aromatic carbocycles.